The number of aliphatic carboxylic acids is 1. The van der Waals surface area contributed by atoms with Crippen LogP contribution in [0.25, 0.3) is 11.3 Å². The van der Waals surface area contributed by atoms with Crippen LogP contribution < -0.4 is 4.74 Å². The zero-order chi connectivity index (χ0) is 19.1. The lowest BCUT2D eigenvalue weighted by Crippen LogP contribution is -2.48. The summed E-state index contributed by atoms with van der Waals surface area (Å²) in [6.07, 6.45) is 4.17. The first-order chi connectivity index (χ1) is 13.0. The monoisotopic (exact) mass is 390 g/mol. The fourth-order valence-electron chi connectivity index (χ4n) is 4.15. The van der Waals surface area contributed by atoms with E-state index in [1.165, 1.54) is 13.3 Å². The van der Waals surface area contributed by atoms with E-state index in [0.717, 1.165) is 12.8 Å². The quantitative estimate of drug-likeness (QED) is 0.830. The van der Waals surface area contributed by atoms with Crippen molar-refractivity contribution in [2.75, 3.05) is 7.11 Å². The molecule has 4 rings (SSSR count). The fourth-order valence-corrected chi connectivity index (χ4v) is 4.35. The number of fused-ring (bicyclic) bond motifs is 2. The number of aromatic nitrogens is 3. The van der Waals surface area contributed by atoms with Crippen LogP contribution in [-0.4, -0.2) is 56.3 Å². The minimum absolute atomic E-state index is 0.0336. The van der Waals surface area contributed by atoms with Gasteiger partial charge in [-0.1, -0.05) is 11.6 Å². The lowest BCUT2D eigenvalue weighted by molar-refractivity contribution is -0.144. The number of carboxylic acids is 1. The normalized spacial score (nSPS) is 24.1. The number of carbonyl (C=O) groups is 2. The summed E-state index contributed by atoms with van der Waals surface area (Å²) < 4.78 is 5.12. The number of carboxylic acid groups (broad SMARTS) is 1. The Balaban J connectivity index is 1.58. The number of piperidine rings is 1. The molecule has 2 aromatic rings. The minimum atomic E-state index is -0.774. The van der Waals surface area contributed by atoms with Crippen molar-refractivity contribution in [1.82, 2.24) is 20.1 Å². The van der Waals surface area contributed by atoms with Crippen LogP contribution in [0, 0.1) is 5.92 Å². The average molecular weight is 391 g/mol. The number of rotatable bonds is 4. The van der Waals surface area contributed by atoms with Crippen LogP contribution in [0.2, 0.25) is 5.02 Å². The van der Waals surface area contributed by atoms with Gasteiger partial charge in [0.1, 0.15) is 5.69 Å². The van der Waals surface area contributed by atoms with Gasteiger partial charge in [0.15, 0.2) is 0 Å². The van der Waals surface area contributed by atoms with Gasteiger partial charge in [0.25, 0.3) is 5.91 Å². The molecule has 2 N–H and O–H groups in total. The van der Waals surface area contributed by atoms with E-state index in [1.807, 2.05) is 4.90 Å². The second-order valence-corrected chi connectivity index (χ2v) is 7.38. The van der Waals surface area contributed by atoms with E-state index in [4.69, 9.17) is 16.3 Å². The van der Waals surface area contributed by atoms with Crippen LogP contribution >= 0.6 is 11.6 Å². The number of halogens is 1. The number of carbonyl (C=O) groups excluding carboxylic acids is 1. The van der Waals surface area contributed by atoms with Crippen LogP contribution in [0.3, 0.4) is 0 Å². The molecule has 2 aromatic heterocycles. The number of hydrogen-bond acceptors (Lipinski definition) is 5. The van der Waals surface area contributed by atoms with Gasteiger partial charge < -0.3 is 14.7 Å². The summed E-state index contributed by atoms with van der Waals surface area (Å²) in [5.74, 6) is -0.891. The number of ether oxygens (including phenoxy) is 1. The summed E-state index contributed by atoms with van der Waals surface area (Å²) in [6, 6.07) is 3.25. The van der Waals surface area contributed by atoms with Gasteiger partial charge >= 0.3 is 5.97 Å². The molecule has 0 radical (unpaired) electrons. The van der Waals surface area contributed by atoms with E-state index in [2.05, 4.69) is 15.2 Å². The number of nitrogens with one attached hydrogen (secondary N) is 1. The average Bonchev–Trinajstić information content (AvgIpc) is 3.24. The Hall–Kier alpha value is -2.61. The maximum atomic E-state index is 13.0. The summed E-state index contributed by atoms with van der Waals surface area (Å²) in [7, 11) is 1.51. The predicted molar refractivity (Wildman–Crippen MR) is 96.7 cm³/mol. The van der Waals surface area contributed by atoms with Gasteiger partial charge in [-0.2, -0.15) is 5.10 Å². The van der Waals surface area contributed by atoms with Gasteiger partial charge in [-0.3, -0.25) is 14.7 Å². The maximum absolute atomic E-state index is 13.0. The molecule has 9 heteroatoms. The predicted octanol–water partition coefficient (Wildman–Crippen LogP) is 2.60. The number of H-pyrrole nitrogens is 1. The highest BCUT2D eigenvalue weighted by molar-refractivity contribution is 6.33. The number of amides is 1. The summed E-state index contributed by atoms with van der Waals surface area (Å²) in [5.41, 5.74) is 1.51. The SMILES string of the molecule is COc1cc(-c2cc(C(=O)N3C4CCC3CC(C(=O)O)C4)[nH]n2)c(Cl)cn1. The Morgan fingerprint density at radius 2 is 2.00 bits per heavy atom. The minimum Gasteiger partial charge on any atom is -0.481 e. The highest BCUT2D eigenvalue weighted by Crippen LogP contribution is 2.40. The van der Waals surface area contributed by atoms with Crippen molar-refractivity contribution < 1.29 is 19.4 Å². The van der Waals surface area contributed by atoms with Gasteiger partial charge in [0, 0.05) is 23.7 Å². The molecule has 2 saturated heterocycles. The van der Waals surface area contributed by atoms with Gasteiger partial charge in [-0.15, -0.1) is 0 Å². The zero-order valence-corrected chi connectivity index (χ0v) is 15.4. The number of methoxy groups -OCH3 is 1. The third-order valence-corrected chi connectivity index (χ3v) is 5.74. The summed E-state index contributed by atoms with van der Waals surface area (Å²) in [5, 5.41) is 16.7. The second-order valence-electron chi connectivity index (χ2n) is 6.98. The molecule has 4 heterocycles. The smallest absolute Gasteiger partial charge is 0.306 e. The Bertz CT molecular complexity index is 885. The Morgan fingerprint density at radius 3 is 2.63 bits per heavy atom. The Kier molecular flexibility index (Phi) is 4.51. The molecule has 2 aliphatic heterocycles. The summed E-state index contributed by atoms with van der Waals surface area (Å²) in [6.45, 7) is 0. The molecule has 1 amide bonds. The molecule has 2 aliphatic rings. The number of nitrogens with zero attached hydrogens (tertiary/aromatic N) is 3. The molecular weight excluding hydrogens is 372 g/mol. The highest BCUT2D eigenvalue weighted by Gasteiger charge is 2.45. The van der Waals surface area contributed by atoms with Crippen LogP contribution in [-0.2, 0) is 4.79 Å². The Labute approximate surface area is 160 Å². The zero-order valence-electron chi connectivity index (χ0n) is 14.7. The van der Waals surface area contributed by atoms with Gasteiger partial charge in [-0.05, 0) is 31.7 Å². The van der Waals surface area contributed by atoms with E-state index in [0.29, 0.717) is 40.7 Å². The van der Waals surface area contributed by atoms with E-state index in [-0.39, 0.29) is 23.9 Å². The first kappa shape index (κ1) is 17.8. The van der Waals surface area contributed by atoms with E-state index in [1.54, 1.807) is 12.1 Å². The van der Waals surface area contributed by atoms with Crippen LogP contribution in [0.5, 0.6) is 5.88 Å². The molecule has 27 heavy (non-hydrogen) atoms. The molecule has 2 fully saturated rings. The van der Waals surface area contributed by atoms with Gasteiger partial charge in [0.05, 0.1) is 29.9 Å². The van der Waals surface area contributed by atoms with E-state index in [9.17, 15) is 14.7 Å². The summed E-state index contributed by atoms with van der Waals surface area (Å²) >= 11 is 6.20. The van der Waals surface area contributed by atoms with Crippen molar-refractivity contribution in [3.63, 3.8) is 0 Å². The first-order valence-corrected chi connectivity index (χ1v) is 9.16. The number of hydrogen-bond donors (Lipinski definition) is 2. The molecule has 0 aromatic carbocycles. The van der Waals surface area contributed by atoms with Gasteiger partial charge in [-0.25, -0.2) is 4.98 Å². The lowest BCUT2D eigenvalue weighted by atomic mass is 9.90. The molecular formula is C18H19ClN4O4. The molecule has 0 aliphatic carbocycles. The molecule has 0 spiro atoms. The topological polar surface area (TPSA) is 108 Å². The molecule has 2 atom stereocenters. The molecule has 0 saturated carbocycles. The van der Waals surface area contributed by atoms with Crippen molar-refractivity contribution in [2.24, 2.45) is 5.92 Å². The van der Waals surface area contributed by atoms with Crippen LogP contribution in [0.4, 0.5) is 0 Å². The second kappa shape index (κ2) is 6.84. The van der Waals surface area contributed by atoms with Crippen molar-refractivity contribution in [3.8, 4) is 17.1 Å². The molecule has 142 valence electrons. The number of pyridine rings is 1. The van der Waals surface area contributed by atoms with Crippen molar-refractivity contribution in [2.45, 2.75) is 37.8 Å². The van der Waals surface area contributed by atoms with Crippen molar-refractivity contribution in [3.05, 3.63) is 29.0 Å². The van der Waals surface area contributed by atoms with Gasteiger partial charge in [0.2, 0.25) is 5.88 Å². The lowest BCUT2D eigenvalue weighted by Gasteiger charge is -2.37. The largest absolute Gasteiger partial charge is 0.481 e. The van der Waals surface area contributed by atoms with E-state index < -0.39 is 5.97 Å². The first-order valence-electron chi connectivity index (χ1n) is 8.78. The fraction of sp³-hybridized carbons (Fsp3) is 0.444. The van der Waals surface area contributed by atoms with Crippen molar-refractivity contribution >= 4 is 23.5 Å². The molecule has 2 unspecified atom stereocenters. The maximum Gasteiger partial charge on any atom is 0.306 e. The highest BCUT2D eigenvalue weighted by atomic mass is 35.5. The Morgan fingerprint density at radius 1 is 1.30 bits per heavy atom. The molecule has 2 bridgehead atoms. The van der Waals surface area contributed by atoms with Crippen LogP contribution in [0.1, 0.15) is 36.2 Å². The van der Waals surface area contributed by atoms with Crippen LogP contribution in [0.15, 0.2) is 18.3 Å². The summed E-state index contributed by atoms with van der Waals surface area (Å²) in [4.78, 5) is 30.2. The van der Waals surface area contributed by atoms with E-state index >= 15 is 0 Å². The third kappa shape index (κ3) is 3.14. The third-order valence-electron chi connectivity index (χ3n) is 5.44. The number of aromatic amines is 1. The van der Waals surface area contributed by atoms with Crippen molar-refractivity contribution in [1.29, 1.82) is 0 Å². The molecule has 8 nitrogen and oxygen atoms in total. The standard InChI is InChI=1S/C18H19ClN4O4/c1-27-16-6-12(13(19)8-20-16)14-7-15(22-21-14)17(24)23-10-2-3-11(23)5-9(4-10)18(25)26/h6-11H,2-5H2,1H3,(H,21,22)(H,25,26).